The van der Waals surface area contributed by atoms with Gasteiger partial charge in [-0.1, -0.05) is 31.7 Å². The third-order valence-electron chi connectivity index (χ3n) is 3.53. The monoisotopic (exact) mass is 274 g/mol. The molecule has 1 unspecified atom stereocenters. The lowest BCUT2D eigenvalue weighted by Gasteiger charge is -2.29. The third kappa shape index (κ3) is 2.57. The van der Waals surface area contributed by atoms with Crippen molar-refractivity contribution in [3.8, 4) is 0 Å². The van der Waals surface area contributed by atoms with Gasteiger partial charge in [-0.2, -0.15) is 0 Å². The Hall–Kier alpha value is -2.17. The number of amides is 3. The van der Waals surface area contributed by atoms with Crippen LogP contribution in [-0.2, 0) is 14.4 Å². The van der Waals surface area contributed by atoms with Crippen LogP contribution in [0.25, 0.3) is 0 Å². The number of hydrogen-bond donors (Lipinski definition) is 1. The van der Waals surface area contributed by atoms with Crippen molar-refractivity contribution in [1.29, 1.82) is 0 Å². The molecular weight excluding hydrogens is 256 g/mol. The fourth-order valence-electron chi connectivity index (χ4n) is 2.45. The second-order valence-electron chi connectivity index (χ2n) is 4.85. The van der Waals surface area contributed by atoms with Crippen LogP contribution in [-0.4, -0.2) is 35.2 Å². The lowest BCUT2D eigenvalue weighted by atomic mass is 10.0. The first-order valence-electron chi connectivity index (χ1n) is 6.75. The van der Waals surface area contributed by atoms with Crippen LogP contribution >= 0.6 is 0 Å². The van der Waals surface area contributed by atoms with Gasteiger partial charge in [0, 0.05) is 18.5 Å². The minimum Gasteiger partial charge on any atom is -0.322 e. The molecule has 1 saturated heterocycles. The Morgan fingerprint density at radius 3 is 2.75 bits per heavy atom. The molecule has 0 bridgehead atoms. The van der Waals surface area contributed by atoms with Crippen molar-refractivity contribution < 1.29 is 14.4 Å². The van der Waals surface area contributed by atoms with E-state index in [-0.39, 0.29) is 18.2 Å². The molecule has 0 aromatic rings. The van der Waals surface area contributed by atoms with Gasteiger partial charge < -0.3 is 4.90 Å². The van der Waals surface area contributed by atoms with Crippen LogP contribution in [0.3, 0.4) is 0 Å². The largest absolute Gasteiger partial charge is 0.322 e. The van der Waals surface area contributed by atoms with Gasteiger partial charge in [0.2, 0.25) is 11.8 Å². The zero-order valence-electron chi connectivity index (χ0n) is 11.5. The average molecular weight is 274 g/mol. The predicted molar refractivity (Wildman–Crippen MR) is 74.5 cm³/mol. The van der Waals surface area contributed by atoms with E-state index in [4.69, 9.17) is 0 Å². The van der Waals surface area contributed by atoms with Crippen molar-refractivity contribution in [2.45, 2.75) is 32.2 Å². The van der Waals surface area contributed by atoms with E-state index in [0.717, 1.165) is 12.0 Å². The summed E-state index contributed by atoms with van der Waals surface area (Å²) in [7, 11) is 0. The van der Waals surface area contributed by atoms with E-state index in [9.17, 15) is 14.4 Å². The van der Waals surface area contributed by atoms with Crippen LogP contribution in [0.2, 0.25) is 0 Å². The van der Waals surface area contributed by atoms with Crippen molar-refractivity contribution in [2.75, 3.05) is 6.54 Å². The van der Waals surface area contributed by atoms with Crippen molar-refractivity contribution in [3.05, 3.63) is 36.0 Å². The van der Waals surface area contributed by atoms with Crippen molar-refractivity contribution in [3.63, 3.8) is 0 Å². The molecule has 2 aliphatic rings. The van der Waals surface area contributed by atoms with E-state index in [1.165, 1.54) is 4.90 Å². The third-order valence-corrected chi connectivity index (χ3v) is 3.53. The smallest absolute Gasteiger partial charge is 0.255 e. The van der Waals surface area contributed by atoms with E-state index in [0.29, 0.717) is 18.5 Å². The van der Waals surface area contributed by atoms with Gasteiger partial charge in [-0.3, -0.25) is 19.7 Å². The highest BCUT2D eigenvalue weighted by molar-refractivity contribution is 6.06. The Kier molecular flexibility index (Phi) is 4.17. The van der Waals surface area contributed by atoms with E-state index in [1.54, 1.807) is 12.2 Å². The Balaban J connectivity index is 2.19. The van der Waals surface area contributed by atoms with E-state index < -0.39 is 11.9 Å². The number of rotatable bonds is 4. The zero-order chi connectivity index (χ0) is 14.7. The standard InChI is InChI=1S/C15H18N2O3/c1-3-5-6-11-10(4-2)9-17(15(11)20)12-7-8-13(18)16-14(12)19/h4-6,12H,2-3,7-9H2,1H3,(H,16,18,19)/b6-5-. The van der Waals surface area contributed by atoms with E-state index in [1.807, 2.05) is 13.0 Å². The summed E-state index contributed by atoms with van der Waals surface area (Å²) in [5.41, 5.74) is 1.41. The van der Waals surface area contributed by atoms with Crippen LogP contribution in [0.4, 0.5) is 0 Å². The minimum atomic E-state index is -0.567. The first-order valence-corrected chi connectivity index (χ1v) is 6.75. The highest BCUT2D eigenvalue weighted by atomic mass is 16.2. The number of imide groups is 1. The van der Waals surface area contributed by atoms with Gasteiger partial charge in [0.1, 0.15) is 6.04 Å². The molecule has 5 heteroatoms. The number of allylic oxidation sites excluding steroid dienone is 1. The van der Waals surface area contributed by atoms with Crippen molar-refractivity contribution >= 4 is 17.7 Å². The summed E-state index contributed by atoms with van der Waals surface area (Å²) in [6.07, 6.45) is 6.82. The Morgan fingerprint density at radius 2 is 2.15 bits per heavy atom. The minimum absolute atomic E-state index is 0.168. The molecule has 2 aliphatic heterocycles. The predicted octanol–water partition coefficient (Wildman–Crippen LogP) is 1.08. The summed E-state index contributed by atoms with van der Waals surface area (Å²) in [5, 5.41) is 2.28. The molecule has 2 heterocycles. The van der Waals surface area contributed by atoms with Gasteiger partial charge in [0.05, 0.1) is 0 Å². The molecule has 1 N–H and O–H groups in total. The summed E-state index contributed by atoms with van der Waals surface area (Å²) in [6, 6.07) is -0.567. The van der Waals surface area contributed by atoms with Crippen LogP contribution in [0.1, 0.15) is 26.2 Å². The quantitative estimate of drug-likeness (QED) is 0.780. The number of nitrogens with zero attached hydrogens (tertiary/aromatic N) is 1. The fraction of sp³-hybridized carbons (Fsp3) is 0.400. The number of hydrogen-bond acceptors (Lipinski definition) is 3. The molecule has 20 heavy (non-hydrogen) atoms. The lowest BCUT2D eigenvalue weighted by Crippen LogP contribution is -2.53. The highest BCUT2D eigenvalue weighted by Crippen LogP contribution is 2.26. The molecular formula is C15H18N2O3. The Labute approximate surface area is 118 Å². The Bertz CT molecular complexity index is 531. The normalized spacial score (nSPS) is 23.8. The number of carbonyl (C=O) groups is 3. The maximum absolute atomic E-state index is 12.4. The number of piperidine rings is 1. The van der Waals surface area contributed by atoms with Crippen LogP contribution in [0.5, 0.6) is 0 Å². The molecule has 0 aromatic heterocycles. The second kappa shape index (κ2) is 5.86. The maximum atomic E-state index is 12.4. The summed E-state index contributed by atoms with van der Waals surface area (Å²) in [4.78, 5) is 37.0. The van der Waals surface area contributed by atoms with E-state index in [2.05, 4.69) is 11.9 Å². The first-order chi connectivity index (χ1) is 9.58. The van der Waals surface area contributed by atoms with Gasteiger partial charge in [0.25, 0.3) is 5.91 Å². The molecule has 5 nitrogen and oxygen atoms in total. The molecule has 1 atom stereocenters. The Morgan fingerprint density at radius 1 is 1.40 bits per heavy atom. The lowest BCUT2D eigenvalue weighted by molar-refractivity contribution is -0.142. The molecule has 0 spiro atoms. The van der Waals surface area contributed by atoms with Crippen LogP contribution in [0, 0.1) is 0 Å². The van der Waals surface area contributed by atoms with Gasteiger partial charge in [0.15, 0.2) is 0 Å². The molecule has 0 aliphatic carbocycles. The molecule has 2 rings (SSSR count). The molecule has 0 aromatic carbocycles. The van der Waals surface area contributed by atoms with Gasteiger partial charge in [-0.15, -0.1) is 0 Å². The van der Waals surface area contributed by atoms with Crippen LogP contribution < -0.4 is 5.32 Å². The topological polar surface area (TPSA) is 66.5 Å². The van der Waals surface area contributed by atoms with Crippen LogP contribution in [0.15, 0.2) is 36.0 Å². The zero-order valence-corrected chi connectivity index (χ0v) is 11.5. The second-order valence-corrected chi connectivity index (χ2v) is 4.85. The van der Waals surface area contributed by atoms with E-state index >= 15 is 0 Å². The average Bonchev–Trinajstić information content (AvgIpc) is 2.73. The summed E-state index contributed by atoms with van der Waals surface area (Å²) in [6.45, 7) is 6.08. The summed E-state index contributed by atoms with van der Waals surface area (Å²) in [5.74, 6) is -0.835. The van der Waals surface area contributed by atoms with Gasteiger partial charge >= 0.3 is 0 Å². The van der Waals surface area contributed by atoms with Crippen molar-refractivity contribution in [2.24, 2.45) is 0 Å². The molecule has 0 radical (unpaired) electrons. The van der Waals surface area contributed by atoms with Gasteiger partial charge in [-0.05, 0) is 18.4 Å². The highest BCUT2D eigenvalue weighted by Gasteiger charge is 2.38. The summed E-state index contributed by atoms with van der Waals surface area (Å²) >= 11 is 0. The van der Waals surface area contributed by atoms with Gasteiger partial charge in [-0.25, -0.2) is 0 Å². The SMILES string of the molecule is C=CC1=C(/C=C\CC)C(=O)N(C2CCC(=O)NC2=O)C1. The fourth-order valence-corrected chi connectivity index (χ4v) is 2.45. The maximum Gasteiger partial charge on any atom is 0.255 e. The summed E-state index contributed by atoms with van der Waals surface area (Å²) < 4.78 is 0. The first kappa shape index (κ1) is 14.2. The number of nitrogens with one attached hydrogen (secondary N) is 1. The number of carbonyl (C=O) groups excluding carboxylic acids is 3. The molecule has 1 fully saturated rings. The molecule has 106 valence electrons. The molecule has 3 amide bonds. The molecule has 0 saturated carbocycles. The van der Waals surface area contributed by atoms with Crippen molar-refractivity contribution in [1.82, 2.24) is 10.2 Å².